The molecule has 0 amide bonds. The number of ether oxygens (including phenoxy) is 1. The number of guanidine groups is 1. The monoisotopic (exact) mass is 494 g/mol. The molecule has 0 saturated carbocycles. The molecular weight excluding hydrogens is 463 g/mol. The van der Waals surface area contributed by atoms with Crippen molar-refractivity contribution in [2.45, 2.75) is 39.0 Å². The third-order valence-corrected chi connectivity index (χ3v) is 4.89. The summed E-state index contributed by atoms with van der Waals surface area (Å²) in [6.07, 6.45) is 4.03. The average Bonchev–Trinajstić information content (AvgIpc) is 2.70. The summed E-state index contributed by atoms with van der Waals surface area (Å²) in [7, 11) is 1.68. The molecule has 1 heterocycles. The smallest absolute Gasteiger partial charge is 0.193 e. The highest BCUT2D eigenvalue weighted by Crippen LogP contribution is 2.16. The van der Waals surface area contributed by atoms with Gasteiger partial charge in [0.25, 0.3) is 0 Å². The maximum absolute atomic E-state index is 6.06. The molecule has 2 aromatic rings. The van der Waals surface area contributed by atoms with E-state index in [0.717, 1.165) is 23.4 Å². The Bertz CT molecular complexity index is 742. The summed E-state index contributed by atoms with van der Waals surface area (Å²) in [5.74, 6) is 0.413. The molecule has 0 radical (unpaired) electrons. The SMILES string of the molecule is COCc1ccccc1NC(N)=NCc1ccc(CN2CCCCC2)cc1.I. The summed E-state index contributed by atoms with van der Waals surface area (Å²) in [6, 6.07) is 16.7. The molecule has 5 nitrogen and oxygen atoms in total. The number of aliphatic imine (C=N–C) groups is 1. The molecule has 0 atom stereocenters. The fourth-order valence-electron chi connectivity index (χ4n) is 3.40. The number of para-hydroxylation sites is 1. The molecule has 0 bridgehead atoms. The van der Waals surface area contributed by atoms with E-state index in [4.69, 9.17) is 10.5 Å². The van der Waals surface area contributed by atoms with Crippen LogP contribution in [0.15, 0.2) is 53.5 Å². The molecule has 3 N–H and O–H groups in total. The Labute approximate surface area is 185 Å². The summed E-state index contributed by atoms with van der Waals surface area (Å²) < 4.78 is 5.22. The number of anilines is 1. The van der Waals surface area contributed by atoms with Gasteiger partial charge in [-0.05, 0) is 43.1 Å². The molecule has 2 aromatic carbocycles. The van der Waals surface area contributed by atoms with Gasteiger partial charge in [0.15, 0.2) is 5.96 Å². The van der Waals surface area contributed by atoms with Crippen LogP contribution in [-0.2, 0) is 24.4 Å². The van der Waals surface area contributed by atoms with Crippen molar-refractivity contribution in [3.63, 3.8) is 0 Å². The number of nitrogens with one attached hydrogen (secondary N) is 1. The third kappa shape index (κ3) is 7.07. The van der Waals surface area contributed by atoms with Gasteiger partial charge >= 0.3 is 0 Å². The van der Waals surface area contributed by atoms with Crippen LogP contribution in [-0.4, -0.2) is 31.1 Å². The van der Waals surface area contributed by atoms with Crippen LogP contribution in [0.4, 0.5) is 5.69 Å². The van der Waals surface area contributed by atoms with E-state index in [0.29, 0.717) is 19.1 Å². The maximum atomic E-state index is 6.06. The first-order valence-corrected chi connectivity index (χ1v) is 9.68. The first kappa shape index (κ1) is 22.6. The standard InChI is InChI=1S/C22H30N4O.HI/c1-27-17-20-7-3-4-8-21(20)25-22(23)24-15-18-9-11-19(12-10-18)16-26-13-5-2-6-14-26;/h3-4,7-12H,2,5-6,13-17H2,1H3,(H3,23,24,25);1H. The lowest BCUT2D eigenvalue weighted by atomic mass is 10.1. The fraction of sp³-hybridized carbons (Fsp3) is 0.409. The minimum absolute atomic E-state index is 0. The summed E-state index contributed by atoms with van der Waals surface area (Å²) in [5.41, 5.74) is 10.6. The van der Waals surface area contributed by atoms with E-state index < -0.39 is 0 Å². The molecule has 0 aliphatic carbocycles. The molecule has 28 heavy (non-hydrogen) atoms. The van der Waals surface area contributed by atoms with Gasteiger partial charge in [-0.3, -0.25) is 4.90 Å². The van der Waals surface area contributed by atoms with Crippen molar-refractivity contribution in [2.24, 2.45) is 10.7 Å². The van der Waals surface area contributed by atoms with E-state index in [1.165, 1.54) is 37.9 Å². The number of nitrogens with two attached hydrogens (primary N) is 1. The number of hydrogen-bond donors (Lipinski definition) is 2. The Hall–Kier alpha value is -1.64. The molecule has 1 saturated heterocycles. The number of rotatable bonds is 7. The van der Waals surface area contributed by atoms with Crippen LogP contribution in [0.5, 0.6) is 0 Å². The van der Waals surface area contributed by atoms with Crippen LogP contribution in [0.25, 0.3) is 0 Å². The van der Waals surface area contributed by atoms with Crippen LogP contribution in [0.1, 0.15) is 36.0 Å². The zero-order valence-electron chi connectivity index (χ0n) is 16.6. The van der Waals surface area contributed by atoms with Gasteiger partial charge in [-0.2, -0.15) is 0 Å². The highest BCUT2D eigenvalue weighted by atomic mass is 127. The van der Waals surface area contributed by atoms with Crippen LogP contribution < -0.4 is 11.1 Å². The molecule has 0 unspecified atom stereocenters. The predicted octanol–water partition coefficient (Wildman–Crippen LogP) is 4.36. The Morgan fingerprint density at radius 2 is 1.71 bits per heavy atom. The molecule has 6 heteroatoms. The number of methoxy groups -OCH3 is 1. The largest absolute Gasteiger partial charge is 0.380 e. The van der Waals surface area contributed by atoms with Gasteiger partial charge in [0.1, 0.15) is 0 Å². The second-order valence-corrected chi connectivity index (χ2v) is 7.07. The molecular formula is C22H31IN4O. The summed E-state index contributed by atoms with van der Waals surface area (Å²) >= 11 is 0. The number of likely N-dealkylation sites (tertiary alicyclic amines) is 1. The van der Waals surface area contributed by atoms with Crippen molar-refractivity contribution in [1.82, 2.24) is 4.90 Å². The Balaban J connectivity index is 0.00000280. The number of nitrogens with zero attached hydrogens (tertiary/aromatic N) is 2. The lowest BCUT2D eigenvalue weighted by molar-refractivity contribution is 0.185. The van der Waals surface area contributed by atoms with Crippen LogP contribution in [0.2, 0.25) is 0 Å². The van der Waals surface area contributed by atoms with Crippen molar-refractivity contribution in [2.75, 3.05) is 25.5 Å². The highest BCUT2D eigenvalue weighted by molar-refractivity contribution is 14.0. The number of benzene rings is 2. The van der Waals surface area contributed by atoms with Crippen molar-refractivity contribution in [3.8, 4) is 0 Å². The maximum Gasteiger partial charge on any atom is 0.193 e. The van der Waals surface area contributed by atoms with Crippen molar-refractivity contribution >= 4 is 35.6 Å². The quantitative estimate of drug-likeness (QED) is 0.341. The van der Waals surface area contributed by atoms with E-state index in [2.05, 4.69) is 39.5 Å². The number of piperidine rings is 1. The summed E-state index contributed by atoms with van der Waals surface area (Å²) in [4.78, 5) is 7.01. The van der Waals surface area contributed by atoms with Gasteiger partial charge in [-0.1, -0.05) is 48.9 Å². The molecule has 152 valence electrons. The van der Waals surface area contributed by atoms with Crippen LogP contribution in [0, 0.1) is 0 Å². The van der Waals surface area contributed by atoms with Crippen molar-refractivity contribution in [1.29, 1.82) is 0 Å². The Kier molecular flexibility index (Phi) is 9.73. The zero-order chi connectivity index (χ0) is 18.9. The van der Waals surface area contributed by atoms with E-state index in [1.54, 1.807) is 7.11 Å². The Morgan fingerprint density at radius 1 is 1.04 bits per heavy atom. The lowest BCUT2D eigenvalue weighted by Gasteiger charge is -2.26. The van der Waals surface area contributed by atoms with Gasteiger partial charge in [-0.25, -0.2) is 4.99 Å². The highest BCUT2D eigenvalue weighted by Gasteiger charge is 2.10. The molecule has 1 aliphatic rings. The van der Waals surface area contributed by atoms with Gasteiger partial charge in [0, 0.05) is 24.9 Å². The van der Waals surface area contributed by atoms with Crippen molar-refractivity contribution < 1.29 is 4.74 Å². The normalized spacial score (nSPS) is 15.1. The molecule has 3 rings (SSSR count). The van der Waals surface area contributed by atoms with Crippen LogP contribution in [0.3, 0.4) is 0 Å². The molecule has 1 aliphatic heterocycles. The van der Waals surface area contributed by atoms with E-state index in [1.807, 2.05) is 24.3 Å². The molecule has 0 spiro atoms. The fourth-order valence-corrected chi connectivity index (χ4v) is 3.40. The minimum Gasteiger partial charge on any atom is -0.380 e. The zero-order valence-corrected chi connectivity index (χ0v) is 18.9. The first-order valence-electron chi connectivity index (χ1n) is 9.68. The van der Waals surface area contributed by atoms with Crippen LogP contribution >= 0.6 is 24.0 Å². The first-order chi connectivity index (χ1) is 13.2. The van der Waals surface area contributed by atoms with E-state index in [-0.39, 0.29) is 24.0 Å². The van der Waals surface area contributed by atoms with E-state index >= 15 is 0 Å². The Morgan fingerprint density at radius 3 is 2.43 bits per heavy atom. The number of halogens is 1. The topological polar surface area (TPSA) is 62.9 Å². The molecule has 0 aromatic heterocycles. The van der Waals surface area contributed by atoms with E-state index in [9.17, 15) is 0 Å². The van der Waals surface area contributed by atoms with Gasteiger partial charge in [-0.15, -0.1) is 24.0 Å². The summed E-state index contributed by atoms with van der Waals surface area (Å²) in [6.45, 7) is 4.59. The van der Waals surface area contributed by atoms with Crippen molar-refractivity contribution in [3.05, 3.63) is 65.2 Å². The molecule has 1 fully saturated rings. The third-order valence-electron chi connectivity index (χ3n) is 4.89. The lowest BCUT2D eigenvalue weighted by Crippen LogP contribution is -2.29. The predicted molar refractivity (Wildman–Crippen MR) is 127 cm³/mol. The van der Waals surface area contributed by atoms with Gasteiger partial charge in [0.05, 0.1) is 13.2 Å². The average molecular weight is 494 g/mol. The summed E-state index contributed by atoms with van der Waals surface area (Å²) in [5, 5.41) is 3.17. The minimum atomic E-state index is 0. The van der Waals surface area contributed by atoms with Gasteiger partial charge in [0.2, 0.25) is 0 Å². The van der Waals surface area contributed by atoms with Gasteiger partial charge < -0.3 is 15.8 Å². The second-order valence-electron chi connectivity index (χ2n) is 7.07. The second kappa shape index (κ2) is 12.0. The number of hydrogen-bond acceptors (Lipinski definition) is 3.